The average molecular weight is 618 g/mol. The van der Waals surface area contributed by atoms with E-state index in [0.29, 0.717) is 38.3 Å². The molecule has 2 aromatic heterocycles. The summed E-state index contributed by atoms with van der Waals surface area (Å²) in [6.45, 7) is 5.57. The number of ether oxygens (including phenoxy) is 1. The Morgan fingerprint density at radius 1 is 1.16 bits per heavy atom. The van der Waals surface area contributed by atoms with Crippen LogP contribution in [0.3, 0.4) is 0 Å². The number of nitriles is 1. The highest BCUT2D eigenvalue weighted by atomic mass is 32.1. The van der Waals surface area contributed by atoms with Crippen molar-refractivity contribution in [1.82, 2.24) is 9.13 Å². The molecule has 0 radical (unpaired) electrons. The topological polar surface area (TPSA) is 133 Å². The number of allylic oxidation sites excluding steroid dienone is 1. The molecule has 1 aliphatic heterocycles. The number of esters is 1. The first-order chi connectivity index (χ1) is 21.7. The van der Waals surface area contributed by atoms with Crippen LogP contribution in [0.4, 0.5) is 5.69 Å². The maximum atomic E-state index is 14.2. The van der Waals surface area contributed by atoms with Gasteiger partial charge in [0.1, 0.15) is 0 Å². The number of benzene rings is 3. The van der Waals surface area contributed by atoms with E-state index in [-0.39, 0.29) is 23.4 Å². The second-order valence-corrected chi connectivity index (χ2v) is 11.6. The fourth-order valence-electron chi connectivity index (χ4n) is 5.71. The Morgan fingerprint density at radius 2 is 1.91 bits per heavy atom. The van der Waals surface area contributed by atoms with Crippen LogP contribution in [-0.4, -0.2) is 26.6 Å². The van der Waals surface area contributed by atoms with Crippen LogP contribution < -0.4 is 14.9 Å². The third-order valence-electron chi connectivity index (χ3n) is 7.85. The van der Waals surface area contributed by atoms with Gasteiger partial charge in [0.05, 0.1) is 45.0 Å². The highest BCUT2D eigenvalue weighted by Gasteiger charge is 2.34. The van der Waals surface area contributed by atoms with E-state index in [1.54, 1.807) is 45.0 Å². The van der Waals surface area contributed by atoms with Crippen LogP contribution in [0.2, 0.25) is 0 Å². The highest BCUT2D eigenvalue weighted by Crippen LogP contribution is 2.33. The van der Waals surface area contributed by atoms with Gasteiger partial charge in [0.15, 0.2) is 4.80 Å². The van der Waals surface area contributed by atoms with E-state index in [2.05, 4.69) is 11.1 Å². The Labute approximate surface area is 261 Å². The summed E-state index contributed by atoms with van der Waals surface area (Å²) < 4.78 is 9.20. The van der Waals surface area contributed by atoms with Crippen molar-refractivity contribution in [1.29, 1.82) is 5.26 Å². The average Bonchev–Trinajstić information content (AvgIpc) is 3.53. The second kappa shape index (κ2) is 11.8. The van der Waals surface area contributed by atoms with E-state index < -0.39 is 16.9 Å². The van der Waals surface area contributed by atoms with Gasteiger partial charge < -0.3 is 9.30 Å². The standard InChI is InChI=1S/C34H27N5O5S/c1-4-44-33(41)30-21(3)36-34-38(31(30)22-14-13-20(2)28(15-22)39(42)43)32(40)29(45-34)16-25-19-37(27-12-8-7-11-26(25)27)18-24-10-6-5-9-23(24)17-35/h5-16,19,31H,4,18H2,1-3H3/b29-16+/t31-/m1/s1. The molecule has 0 saturated heterocycles. The van der Waals surface area contributed by atoms with Crippen LogP contribution in [0.15, 0.2) is 94.0 Å². The zero-order valence-corrected chi connectivity index (χ0v) is 25.5. The van der Waals surface area contributed by atoms with E-state index in [1.165, 1.54) is 22.0 Å². The summed E-state index contributed by atoms with van der Waals surface area (Å²) in [7, 11) is 0. The van der Waals surface area contributed by atoms with Gasteiger partial charge in [0, 0.05) is 40.8 Å². The molecule has 3 aromatic carbocycles. The van der Waals surface area contributed by atoms with Crippen LogP contribution in [0.25, 0.3) is 17.0 Å². The number of thiazole rings is 1. The minimum atomic E-state index is -0.967. The zero-order chi connectivity index (χ0) is 31.8. The van der Waals surface area contributed by atoms with Crippen molar-refractivity contribution in [2.45, 2.75) is 33.4 Å². The predicted molar refractivity (Wildman–Crippen MR) is 170 cm³/mol. The number of nitro benzene ring substituents is 1. The molecule has 0 aliphatic carbocycles. The first-order valence-corrected chi connectivity index (χ1v) is 15.0. The van der Waals surface area contributed by atoms with Gasteiger partial charge in [0.2, 0.25) is 0 Å². The lowest BCUT2D eigenvalue weighted by Crippen LogP contribution is -2.40. The third-order valence-corrected chi connectivity index (χ3v) is 8.83. The lowest BCUT2D eigenvalue weighted by Gasteiger charge is -2.24. The number of aromatic nitrogens is 2. The monoisotopic (exact) mass is 617 g/mol. The Bertz CT molecular complexity index is 2290. The molecule has 0 bridgehead atoms. The molecule has 0 fully saturated rings. The van der Waals surface area contributed by atoms with Crippen LogP contribution >= 0.6 is 11.3 Å². The minimum absolute atomic E-state index is 0.113. The lowest BCUT2D eigenvalue weighted by atomic mass is 9.94. The maximum Gasteiger partial charge on any atom is 0.338 e. The van der Waals surface area contributed by atoms with E-state index in [1.807, 2.05) is 53.2 Å². The van der Waals surface area contributed by atoms with Crippen molar-refractivity contribution in [3.8, 4) is 6.07 Å². The third kappa shape index (κ3) is 5.25. The maximum absolute atomic E-state index is 14.2. The van der Waals surface area contributed by atoms with Crippen molar-refractivity contribution in [2.24, 2.45) is 4.99 Å². The summed E-state index contributed by atoms with van der Waals surface area (Å²) in [6.07, 6.45) is 3.75. The molecule has 0 amide bonds. The van der Waals surface area contributed by atoms with Crippen LogP contribution in [0.5, 0.6) is 0 Å². The normalized spacial score (nSPS) is 14.6. The fraction of sp³-hybridized carbons (Fsp3) is 0.176. The molecule has 45 heavy (non-hydrogen) atoms. The van der Waals surface area contributed by atoms with E-state index in [9.17, 15) is 25.0 Å². The van der Waals surface area contributed by atoms with Gasteiger partial charge in [-0.25, -0.2) is 9.79 Å². The molecule has 0 saturated carbocycles. The molecule has 0 N–H and O–H groups in total. The summed E-state index contributed by atoms with van der Waals surface area (Å²) in [5.74, 6) is -0.637. The van der Waals surface area contributed by atoms with E-state index >= 15 is 0 Å². The highest BCUT2D eigenvalue weighted by molar-refractivity contribution is 7.07. The number of carbonyl (C=O) groups is 1. The van der Waals surface area contributed by atoms with E-state index in [0.717, 1.165) is 22.0 Å². The SMILES string of the molecule is CCOC(=O)C1=C(C)N=c2s/c(=C/c3cn(Cc4ccccc4C#N)c4ccccc34)c(=O)n2[C@@H]1c1ccc(C)c([N+](=O)[O-])c1. The number of hydrogen-bond acceptors (Lipinski definition) is 8. The Morgan fingerprint density at radius 3 is 2.67 bits per heavy atom. The summed E-state index contributed by atoms with van der Waals surface area (Å²) in [5, 5.41) is 22.3. The summed E-state index contributed by atoms with van der Waals surface area (Å²) in [4.78, 5) is 43.7. The number of fused-ring (bicyclic) bond motifs is 2. The number of rotatable bonds is 7. The van der Waals surface area contributed by atoms with Gasteiger partial charge in [-0.3, -0.25) is 19.5 Å². The van der Waals surface area contributed by atoms with Gasteiger partial charge in [-0.1, -0.05) is 59.9 Å². The second-order valence-electron chi connectivity index (χ2n) is 10.6. The summed E-state index contributed by atoms with van der Waals surface area (Å²) in [5.41, 5.74) is 4.11. The van der Waals surface area contributed by atoms with Gasteiger partial charge in [-0.15, -0.1) is 0 Å². The first-order valence-electron chi connectivity index (χ1n) is 14.2. The lowest BCUT2D eigenvalue weighted by molar-refractivity contribution is -0.385. The zero-order valence-electron chi connectivity index (χ0n) is 24.7. The van der Waals surface area contributed by atoms with E-state index in [4.69, 9.17) is 4.74 Å². The molecular formula is C34H27N5O5S. The van der Waals surface area contributed by atoms with Crippen molar-refractivity contribution in [3.05, 3.63) is 142 Å². The quantitative estimate of drug-likeness (QED) is 0.145. The Kier molecular flexibility index (Phi) is 7.74. The van der Waals surface area contributed by atoms with Crippen LogP contribution in [0.1, 0.15) is 47.7 Å². The fourth-order valence-corrected chi connectivity index (χ4v) is 6.75. The molecular weight excluding hydrogens is 590 g/mol. The molecule has 0 spiro atoms. The molecule has 1 atom stereocenters. The van der Waals surface area contributed by atoms with Crippen LogP contribution in [-0.2, 0) is 16.1 Å². The van der Waals surface area contributed by atoms with Gasteiger partial charge >= 0.3 is 5.97 Å². The minimum Gasteiger partial charge on any atom is -0.463 e. The van der Waals surface area contributed by atoms with Gasteiger partial charge in [-0.05, 0) is 50.1 Å². The molecule has 6 rings (SSSR count). The molecule has 5 aromatic rings. The number of carbonyl (C=O) groups excluding carboxylic acids is 1. The summed E-state index contributed by atoms with van der Waals surface area (Å²) in [6, 6.07) is 21.3. The van der Waals surface area contributed by atoms with Crippen molar-refractivity contribution in [3.63, 3.8) is 0 Å². The largest absolute Gasteiger partial charge is 0.463 e. The Balaban J connectivity index is 1.54. The molecule has 224 valence electrons. The number of para-hydroxylation sites is 1. The number of aryl methyl sites for hydroxylation is 1. The Hall–Kier alpha value is -5.60. The molecule has 10 nitrogen and oxygen atoms in total. The van der Waals surface area contributed by atoms with Crippen molar-refractivity contribution >= 4 is 40.0 Å². The number of hydrogen-bond donors (Lipinski definition) is 0. The smallest absolute Gasteiger partial charge is 0.338 e. The number of nitro groups is 1. The van der Waals surface area contributed by atoms with Crippen LogP contribution in [0, 0.1) is 28.4 Å². The number of nitrogens with zero attached hydrogens (tertiary/aromatic N) is 5. The predicted octanol–water partition coefficient (Wildman–Crippen LogP) is 4.89. The molecule has 1 aliphatic rings. The first kappa shape index (κ1) is 29.5. The molecule has 3 heterocycles. The van der Waals surface area contributed by atoms with Crippen molar-refractivity contribution < 1.29 is 14.5 Å². The van der Waals surface area contributed by atoms with Gasteiger partial charge in [-0.2, -0.15) is 5.26 Å². The molecule has 0 unspecified atom stereocenters. The van der Waals surface area contributed by atoms with Gasteiger partial charge in [0.25, 0.3) is 11.2 Å². The molecule has 11 heteroatoms. The summed E-state index contributed by atoms with van der Waals surface area (Å²) >= 11 is 1.18. The van der Waals surface area contributed by atoms with Crippen molar-refractivity contribution in [2.75, 3.05) is 6.61 Å².